The number of aliphatic hydroxyl groups excluding tert-OH is 1. The molecule has 0 bridgehead atoms. The zero-order chi connectivity index (χ0) is 44.2. The van der Waals surface area contributed by atoms with Crippen LogP contribution in [0.2, 0.25) is 0 Å². The van der Waals surface area contributed by atoms with Crippen LogP contribution in [0.5, 0.6) is 11.5 Å². The van der Waals surface area contributed by atoms with E-state index in [1.807, 2.05) is 109 Å². The molecule has 0 fully saturated rings. The molecule has 0 radical (unpaired) electrons. The molecule has 11 nitrogen and oxygen atoms in total. The van der Waals surface area contributed by atoms with E-state index in [0.717, 1.165) is 55.6 Å². The Balaban J connectivity index is 0.000000162. The Hall–Kier alpha value is -7.03. The van der Waals surface area contributed by atoms with Gasteiger partial charge in [-0.2, -0.15) is 0 Å². The minimum Gasteiger partial charge on any atom is -0.487 e. The number of hydrogen-bond donors (Lipinski definition) is 3. The molecule has 10 rings (SSSR count). The van der Waals surface area contributed by atoms with E-state index in [4.69, 9.17) is 9.47 Å². The Bertz CT molecular complexity index is 2730. The monoisotopic (exact) mass is 962 g/mol. The van der Waals surface area contributed by atoms with Crippen molar-refractivity contribution in [2.24, 2.45) is 0 Å². The molecule has 0 aliphatic carbocycles. The Kier molecular flexibility index (Phi) is 12.4. The van der Waals surface area contributed by atoms with Crippen molar-refractivity contribution in [1.82, 2.24) is 19.8 Å². The first-order valence-corrected chi connectivity index (χ1v) is 22.5. The third kappa shape index (κ3) is 8.29. The van der Waals surface area contributed by atoms with Crippen LogP contribution in [0.1, 0.15) is 63.7 Å². The molecule has 2 aliphatic heterocycles. The summed E-state index contributed by atoms with van der Waals surface area (Å²) in [6, 6.07) is 44.6. The molecule has 2 atom stereocenters. The average Bonchev–Trinajstić information content (AvgIpc) is 4.08. The number of ether oxygens (including phenoxy) is 2. The van der Waals surface area contributed by atoms with Crippen LogP contribution in [-0.4, -0.2) is 71.6 Å². The van der Waals surface area contributed by atoms with Crippen LogP contribution in [0.15, 0.2) is 158 Å². The number of aliphatic hydroxyl groups is 1. The minimum absolute atomic E-state index is 0.209. The maximum atomic E-state index is 12.9. The minimum atomic E-state index is -0.657. The average molecular weight is 963 g/mol. The van der Waals surface area contributed by atoms with Crippen molar-refractivity contribution < 1.29 is 33.8 Å². The number of imide groups is 2. The molecule has 8 aromatic rings. The number of aromatic amines is 2. The maximum Gasteiger partial charge on any atom is 0.261 e. The molecule has 4 heterocycles. The largest absolute Gasteiger partial charge is 0.487 e. The third-order valence-electron chi connectivity index (χ3n) is 11.7. The van der Waals surface area contributed by atoms with E-state index < -0.39 is 6.04 Å². The molecule has 0 unspecified atom stereocenters. The number of halogens is 1. The van der Waals surface area contributed by atoms with Crippen LogP contribution in [0.4, 0.5) is 0 Å². The van der Waals surface area contributed by atoms with Crippen LogP contribution in [-0.2, 0) is 26.1 Å². The normalized spacial score (nSPS) is 14.1. The number of alkyl halides is 1. The van der Waals surface area contributed by atoms with Crippen molar-refractivity contribution in [3.63, 3.8) is 0 Å². The van der Waals surface area contributed by atoms with Gasteiger partial charge in [-0.1, -0.05) is 132 Å². The van der Waals surface area contributed by atoms with Crippen LogP contribution in [0.25, 0.3) is 21.8 Å². The zero-order valence-corrected chi connectivity index (χ0v) is 36.7. The SMILES string of the molecule is O=C1c2ccccc2C(=O)N1[C@H](CI)Cc1c[nH]c2c(OCc3ccccc3)cccc12.O=C1c2ccccc2C(=O)N1[C@H](CO)Cc1c[nH]c2c(OCc3ccccc3)cccc12. The van der Waals surface area contributed by atoms with Crippen molar-refractivity contribution in [2.75, 3.05) is 11.0 Å². The molecular weight excluding hydrogens is 919 g/mol. The molecule has 3 N–H and O–H groups in total. The lowest BCUT2D eigenvalue weighted by Crippen LogP contribution is -2.43. The third-order valence-corrected chi connectivity index (χ3v) is 12.7. The van der Waals surface area contributed by atoms with Crippen LogP contribution in [0, 0.1) is 0 Å². The summed E-state index contributed by atoms with van der Waals surface area (Å²) in [5.41, 5.74) is 7.65. The van der Waals surface area contributed by atoms with Gasteiger partial charge in [0.05, 0.1) is 52.0 Å². The number of amides is 4. The second-order valence-electron chi connectivity index (χ2n) is 15.6. The summed E-state index contributed by atoms with van der Waals surface area (Å²) in [5, 5.41) is 12.0. The van der Waals surface area contributed by atoms with Gasteiger partial charge in [-0.05, 0) is 71.5 Å². The van der Waals surface area contributed by atoms with Gasteiger partial charge in [0.2, 0.25) is 0 Å². The summed E-state index contributed by atoms with van der Waals surface area (Å²) >= 11 is 2.25. The molecule has 4 amide bonds. The molecule has 6 aromatic carbocycles. The molecule has 64 heavy (non-hydrogen) atoms. The molecule has 2 aliphatic rings. The highest BCUT2D eigenvalue weighted by Gasteiger charge is 2.41. The van der Waals surface area contributed by atoms with Crippen molar-refractivity contribution >= 4 is 68.0 Å². The predicted molar refractivity (Wildman–Crippen MR) is 253 cm³/mol. The summed E-state index contributed by atoms with van der Waals surface area (Å²) in [6.07, 6.45) is 4.72. The van der Waals surface area contributed by atoms with Crippen molar-refractivity contribution in [3.05, 3.63) is 202 Å². The number of carbonyl (C=O) groups is 4. The Morgan fingerprint density at radius 3 is 1.25 bits per heavy atom. The lowest BCUT2D eigenvalue weighted by atomic mass is 10.0. The lowest BCUT2D eigenvalue weighted by Gasteiger charge is -2.24. The van der Waals surface area contributed by atoms with Gasteiger partial charge in [0.25, 0.3) is 23.6 Å². The second-order valence-corrected chi connectivity index (χ2v) is 16.5. The molecule has 0 spiro atoms. The summed E-state index contributed by atoms with van der Waals surface area (Å²) in [6.45, 7) is 0.616. The van der Waals surface area contributed by atoms with Crippen molar-refractivity contribution in [1.29, 1.82) is 0 Å². The number of fused-ring (bicyclic) bond motifs is 4. The smallest absolute Gasteiger partial charge is 0.261 e. The second kappa shape index (κ2) is 18.8. The molecular formula is C52H43IN4O7. The van der Waals surface area contributed by atoms with Crippen molar-refractivity contribution in [2.45, 2.75) is 38.1 Å². The maximum absolute atomic E-state index is 12.9. The summed E-state index contributed by atoms with van der Waals surface area (Å²) < 4.78 is 12.8. The van der Waals surface area contributed by atoms with Crippen LogP contribution < -0.4 is 9.47 Å². The van der Waals surface area contributed by atoms with E-state index in [1.54, 1.807) is 48.5 Å². The van der Waals surface area contributed by atoms with Crippen molar-refractivity contribution in [3.8, 4) is 11.5 Å². The number of H-pyrrole nitrogens is 2. The topological polar surface area (TPSA) is 145 Å². The number of carbonyl (C=O) groups excluding carboxylic acids is 4. The number of aromatic nitrogens is 2. The predicted octanol–water partition coefficient (Wildman–Crippen LogP) is 9.34. The Morgan fingerprint density at radius 1 is 0.484 bits per heavy atom. The number of benzene rings is 6. The van der Waals surface area contributed by atoms with Gasteiger partial charge < -0.3 is 24.5 Å². The van der Waals surface area contributed by atoms with E-state index in [-0.39, 0.29) is 36.3 Å². The molecule has 320 valence electrons. The molecule has 0 saturated heterocycles. The quantitative estimate of drug-likeness (QED) is 0.0560. The van der Waals surface area contributed by atoms with E-state index in [9.17, 15) is 24.3 Å². The highest BCUT2D eigenvalue weighted by atomic mass is 127. The van der Waals surface area contributed by atoms with E-state index >= 15 is 0 Å². The van der Waals surface area contributed by atoms with E-state index in [0.29, 0.717) is 52.7 Å². The Labute approximate surface area is 382 Å². The zero-order valence-electron chi connectivity index (χ0n) is 34.6. The number of para-hydroxylation sites is 2. The summed E-state index contributed by atoms with van der Waals surface area (Å²) in [4.78, 5) is 60.8. The van der Waals surface area contributed by atoms with Gasteiger partial charge in [0, 0.05) is 27.6 Å². The van der Waals surface area contributed by atoms with E-state index in [1.165, 1.54) is 9.80 Å². The molecule has 2 aromatic heterocycles. The fourth-order valence-corrected chi connectivity index (χ4v) is 9.16. The summed E-state index contributed by atoms with van der Waals surface area (Å²) in [5.74, 6) is 0.356. The fraction of sp³-hybridized carbons (Fsp3) is 0.154. The first-order chi connectivity index (χ1) is 31.3. The van der Waals surface area contributed by atoms with Gasteiger partial charge in [0.15, 0.2) is 0 Å². The molecule has 12 heteroatoms. The number of rotatable bonds is 14. The number of nitrogens with one attached hydrogen (secondary N) is 2. The highest BCUT2D eigenvalue weighted by molar-refractivity contribution is 14.1. The van der Waals surface area contributed by atoms with Gasteiger partial charge in [-0.25, -0.2) is 0 Å². The molecule has 0 saturated carbocycles. The number of hydrogen-bond acceptors (Lipinski definition) is 7. The highest BCUT2D eigenvalue weighted by Crippen LogP contribution is 2.33. The first-order valence-electron chi connectivity index (χ1n) is 21.0. The summed E-state index contributed by atoms with van der Waals surface area (Å²) in [7, 11) is 0. The number of nitrogens with zero attached hydrogens (tertiary/aromatic N) is 2. The van der Waals surface area contributed by atoms with Gasteiger partial charge in [-0.15, -0.1) is 0 Å². The van der Waals surface area contributed by atoms with Crippen LogP contribution >= 0.6 is 22.6 Å². The fourth-order valence-electron chi connectivity index (χ4n) is 8.46. The van der Waals surface area contributed by atoms with Gasteiger partial charge in [0.1, 0.15) is 24.7 Å². The Morgan fingerprint density at radius 2 is 0.859 bits per heavy atom. The van der Waals surface area contributed by atoms with Gasteiger partial charge in [-0.3, -0.25) is 29.0 Å². The standard InChI is InChI=1S/C26H21IN2O3.C26H22N2O4/c27-14-19(29-25(30)21-9-4-5-10-22(21)26(29)31)13-18-15-28-24-20(18)11-6-12-23(24)32-16-17-7-2-1-3-8-17;29-15-19(28-25(30)21-9-4-5-10-22(21)26(28)31)13-18-14-27-24-20(18)11-6-12-23(24)32-16-17-7-2-1-3-8-17/h1-12,15,19,28H,13-14,16H2;1-12,14,19,27,29H,13,15-16H2/t2*19-/m00/s1. The van der Waals surface area contributed by atoms with Gasteiger partial charge >= 0.3 is 0 Å². The van der Waals surface area contributed by atoms with E-state index in [2.05, 4.69) is 32.6 Å². The first kappa shape index (κ1) is 42.3. The lowest BCUT2D eigenvalue weighted by molar-refractivity contribution is 0.0514. The van der Waals surface area contributed by atoms with Crippen LogP contribution in [0.3, 0.4) is 0 Å².